The first kappa shape index (κ1) is 15.0. The Balaban J connectivity index is 2.16. The van der Waals surface area contributed by atoms with Crippen LogP contribution in [0, 0.1) is 13.8 Å². The van der Waals surface area contributed by atoms with E-state index in [-0.39, 0.29) is 5.91 Å². The van der Waals surface area contributed by atoms with Crippen LogP contribution in [0.25, 0.3) is 6.08 Å². The normalized spacial score (nSPS) is 10.8. The summed E-state index contributed by atoms with van der Waals surface area (Å²) in [6, 6.07) is 7.50. The molecule has 0 fully saturated rings. The van der Waals surface area contributed by atoms with Gasteiger partial charge in [-0.1, -0.05) is 18.2 Å². The van der Waals surface area contributed by atoms with E-state index in [9.17, 15) is 9.59 Å². The van der Waals surface area contributed by atoms with Crippen molar-refractivity contribution in [2.24, 2.45) is 0 Å². The predicted octanol–water partition coefficient (Wildman–Crippen LogP) is 3.72. The van der Waals surface area contributed by atoms with Crippen molar-refractivity contribution in [3.05, 3.63) is 57.3 Å². The number of hydrogen-bond acceptors (Lipinski definition) is 3. The number of benzene rings is 1. The van der Waals surface area contributed by atoms with E-state index < -0.39 is 5.97 Å². The molecule has 2 rings (SSSR count). The number of para-hydroxylation sites is 1. The molecule has 0 aliphatic carbocycles. The average molecular weight is 301 g/mol. The Morgan fingerprint density at radius 2 is 1.90 bits per heavy atom. The van der Waals surface area contributed by atoms with Gasteiger partial charge in [0.25, 0.3) is 5.91 Å². The standard InChI is InChI=1S/C16H15NO3S/c1-10-4-3-5-11(2)15(10)17-16(20)12-8-13(21-9-12)6-7-14(18)19/h3-9H,1-2H3,(H,17,20)(H,18,19). The topological polar surface area (TPSA) is 66.4 Å². The minimum Gasteiger partial charge on any atom is -0.478 e. The van der Waals surface area contributed by atoms with Crippen molar-refractivity contribution in [3.63, 3.8) is 0 Å². The number of nitrogens with one attached hydrogen (secondary N) is 1. The van der Waals surface area contributed by atoms with Gasteiger partial charge in [0.15, 0.2) is 0 Å². The lowest BCUT2D eigenvalue weighted by Crippen LogP contribution is -2.12. The van der Waals surface area contributed by atoms with Crippen LogP contribution in [0.15, 0.2) is 35.7 Å². The maximum atomic E-state index is 12.2. The van der Waals surface area contributed by atoms with Crippen molar-refractivity contribution in [1.29, 1.82) is 0 Å². The Hall–Kier alpha value is -2.40. The summed E-state index contributed by atoms with van der Waals surface area (Å²) in [6.07, 6.45) is 2.53. The van der Waals surface area contributed by atoms with Crippen molar-refractivity contribution in [2.75, 3.05) is 5.32 Å². The fraction of sp³-hybridized carbons (Fsp3) is 0.125. The molecule has 0 spiro atoms. The number of aryl methyl sites for hydroxylation is 2. The summed E-state index contributed by atoms with van der Waals surface area (Å²) < 4.78 is 0. The molecular weight excluding hydrogens is 286 g/mol. The van der Waals surface area contributed by atoms with E-state index in [1.807, 2.05) is 32.0 Å². The van der Waals surface area contributed by atoms with E-state index in [4.69, 9.17) is 5.11 Å². The molecule has 0 aliphatic heterocycles. The number of aliphatic carboxylic acids is 1. The molecule has 0 saturated heterocycles. The van der Waals surface area contributed by atoms with Gasteiger partial charge in [0.2, 0.25) is 0 Å². The van der Waals surface area contributed by atoms with Crippen LogP contribution in [0.2, 0.25) is 0 Å². The highest BCUT2D eigenvalue weighted by Gasteiger charge is 2.11. The second-order valence-corrected chi connectivity index (χ2v) is 5.57. The van der Waals surface area contributed by atoms with Gasteiger partial charge in [-0.2, -0.15) is 0 Å². The Bertz CT molecular complexity index is 696. The first-order valence-electron chi connectivity index (χ1n) is 6.34. The lowest BCUT2D eigenvalue weighted by atomic mass is 10.1. The Kier molecular flexibility index (Phi) is 4.55. The van der Waals surface area contributed by atoms with Crippen molar-refractivity contribution < 1.29 is 14.7 Å². The fourth-order valence-corrected chi connectivity index (χ4v) is 2.69. The Morgan fingerprint density at radius 3 is 2.52 bits per heavy atom. The van der Waals surface area contributed by atoms with Crippen molar-refractivity contribution in [3.8, 4) is 0 Å². The molecule has 2 aromatic rings. The highest BCUT2D eigenvalue weighted by Crippen LogP contribution is 2.22. The quantitative estimate of drug-likeness (QED) is 0.846. The molecule has 5 heteroatoms. The zero-order valence-electron chi connectivity index (χ0n) is 11.7. The van der Waals surface area contributed by atoms with Gasteiger partial charge in [-0.15, -0.1) is 11.3 Å². The fourth-order valence-electron chi connectivity index (χ4n) is 1.91. The summed E-state index contributed by atoms with van der Waals surface area (Å²) in [5.41, 5.74) is 3.35. The SMILES string of the molecule is Cc1cccc(C)c1NC(=O)c1csc(C=CC(=O)O)c1. The summed E-state index contributed by atoms with van der Waals surface area (Å²) in [5, 5.41) is 13.2. The van der Waals surface area contributed by atoms with Crippen molar-refractivity contribution in [2.45, 2.75) is 13.8 Å². The number of hydrogen-bond donors (Lipinski definition) is 2. The first-order valence-corrected chi connectivity index (χ1v) is 7.22. The largest absolute Gasteiger partial charge is 0.478 e. The number of carboxylic acid groups (broad SMARTS) is 1. The molecule has 0 bridgehead atoms. The van der Waals surface area contributed by atoms with E-state index in [1.165, 1.54) is 17.4 Å². The smallest absolute Gasteiger partial charge is 0.328 e. The molecule has 1 aromatic heterocycles. The van der Waals surface area contributed by atoms with Crippen LogP contribution < -0.4 is 5.32 Å². The third-order valence-electron chi connectivity index (χ3n) is 2.99. The Morgan fingerprint density at radius 1 is 1.24 bits per heavy atom. The highest BCUT2D eigenvalue weighted by atomic mass is 32.1. The number of amides is 1. The maximum Gasteiger partial charge on any atom is 0.328 e. The highest BCUT2D eigenvalue weighted by molar-refractivity contribution is 7.11. The Labute approximate surface area is 126 Å². The molecule has 1 aromatic carbocycles. The van der Waals surface area contributed by atoms with Crippen LogP contribution in [-0.4, -0.2) is 17.0 Å². The molecule has 0 aliphatic rings. The lowest BCUT2D eigenvalue weighted by molar-refractivity contribution is -0.131. The van der Waals surface area contributed by atoms with Crippen LogP contribution in [0.5, 0.6) is 0 Å². The van der Waals surface area contributed by atoms with Crippen LogP contribution in [0.4, 0.5) is 5.69 Å². The first-order chi connectivity index (χ1) is 9.97. The van der Waals surface area contributed by atoms with E-state index in [1.54, 1.807) is 11.4 Å². The summed E-state index contributed by atoms with van der Waals surface area (Å²) >= 11 is 1.33. The number of rotatable bonds is 4. The molecule has 2 N–H and O–H groups in total. The van der Waals surface area contributed by atoms with Gasteiger partial charge in [0, 0.05) is 22.0 Å². The summed E-state index contributed by atoms with van der Waals surface area (Å²) in [7, 11) is 0. The lowest BCUT2D eigenvalue weighted by Gasteiger charge is -2.10. The number of carbonyl (C=O) groups excluding carboxylic acids is 1. The van der Waals surface area contributed by atoms with Gasteiger partial charge >= 0.3 is 5.97 Å². The second-order valence-electron chi connectivity index (χ2n) is 4.63. The molecule has 21 heavy (non-hydrogen) atoms. The third kappa shape index (κ3) is 3.79. The molecule has 0 atom stereocenters. The predicted molar refractivity (Wildman–Crippen MR) is 84.9 cm³/mol. The molecule has 4 nitrogen and oxygen atoms in total. The van der Waals surface area contributed by atoms with Crippen LogP contribution >= 0.6 is 11.3 Å². The van der Waals surface area contributed by atoms with Gasteiger partial charge in [0.1, 0.15) is 0 Å². The van der Waals surface area contributed by atoms with Crippen LogP contribution in [0.1, 0.15) is 26.4 Å². The number of carbonyl (C=O) groups is 2. The molecule has 1 amide bonds. The van der Waals surface area contributed by atoms with Crippen LogP contribution in [0.3, 0.4) is 0 Å². The van der Waals surface area contributed by atoms with Gasteiger partial charge in [-0.05, 0) is 37.1 Å². The van der Waals surface area contributed by atoms with Gasteiger partial charge in [0.05, 0.1) is 5.56 Å². The molecular formula is C16H15NO3S. The minimum atomic E-state index is -1.01. The molecule has 1 heterocycles. The summed E-state index contributed by atoms with van der Waals surface area (Å²) in [6.45, 7) is 3.88. The zero-order chi connectivity index (χ0) is 15.4. The maximum absolute atomic E-state index is 12.2. The van der Waals surface area contributed by atoms with Crippen molar-refractivity contribution in [1.82, 2.24) is 0 Å². The van der Waals surface area contributed by atoms with Crippen LogP contribution in [-0.2, 0) is 4.79 Å². The molecule has 108 valence electrons. The summed E-state index contributed by atoms with van der Waals surface area (Å²) in [5.74, 6) is -1.21. The number of thiophene rings is 1. The third-order valence-corrected chi connectivity index (χ3v) is 3.89. The van der Waals surface area contributed by atoms with Gasteiger partial charge in [-0.25, -0.2) is 4.79 Å². The molecule has 0 unspecified atom stereocenters. The molecule has 0 saturated carbocycles. The van der Waals surface area contributed by atoms with Crippen molar-refractivity contribution >= 4 is 35.0 Å². The zero-order valence-corrected chi connectivity index (χ0v) is 12.5. The van der Waals surface area contributed by atoms with E-state index in [0.717, 1.165) is 27.8 Å². The van der Waals surface area contributed by atoms with Gasteiger partial charge < -0.3 is 10.4 Å². The average Bonchev–Trinajstić information content (AvgIpc) is 2.89. The summed E-state index contributed by atoms with van der Waals surface area (Å²) in [4.78, 5) is 23.4. The van der Waals surface area contributed by atoms with Gasteiger partial charge in [-0.3, -0.25) is 4.79 Å². The van der Waals surface area contributed by atoms with E-state index in [2.05, 4.69) is 5.32 Å². The molecule has 0 radical (unpaired) electrons. The minimum absolute atomic E-state index is 0.196. The van der Waals surface area contributed by atoms with E-state index in [0.29, 0.717) is 5.56 Å². The number of anilines is 1. The van der Waals surface area contributed by atoms with E-state index >= 15 is 0 Å². The monoisotopic (exact) mass is 301 g/mol. The second kappa shape index (κ2) is 6.37. The number of carboxylic acids is 1.